The molecule has 2 rings (SSSR count). The van der Waals surface area contributed by atoms with Crippen LogP contribution in [0, 0.1) is 12.8 Å². The molecule has 6 nitrogen and oxygen atoms in total. The van der Waals surface area contributed by atoms with Gasteiger partial charge in [-0.2, -0.15) is 4.31 Å². The molecular formula is C13H23N3O3S. The van der Waals surface area contributed by atoms with Gasteiger partial charge in [0.2, 0.25) is 0 Å². The highest BCUT2D eigenvalue weighted by molar-refractivity contribution is 7.89. The van der Waals surface area contributed by atoms with E-state index < -0.39 is 10.0 Å². The van der Waals surface area contributed by atoms with E-state index >= 15 is 0 Å². The van der Waals surface area contributed by atoms with Gasteiger partial charge in [-0.1, -0.05) is 13.8 Å². The van der Waals surface area contributed by atoms with Crippen LogP contribution in [0.4, 0.5) is 0 Å². The van der Waals surface area contributed by atoms with Crippen LogP contribution in [-0.4, -0.2) is 46.6 Å². The second-order valence-corrected chi connectivity index (χ2v) is 7.29. The number of aromatic nitrogens is 2. The van der Waals surface area contributed by atoms with Crippen molar-refractivity contribution in [1.29, 1.82) is 0 Å². The molecular weight excluding hydrogens is 278 g/mol. The quantitative estimate of drug-likeness (QED) is 0.880. The van der Waals surface area contributed by atoms with Crippen molar-refractivity contribution in [2.75, 3.05) is 13.2 Å². The lowest BCUT2D eigenvalue weighted by atomic mass is 10.0. The molecule has 20 heavy (non-hydrogen) atoms. The van der Waals surface area contributed by atoms with Gasteiger partial charge in [-0.05, 0) is 25.7 Å². The summed E-state index contributed by atoms with van der Waals surface area (Å²) in [6.07, 6.45) is 3.31. The minimum atomic E-state index is -3.61. The van der Waals surface area contributed by atoms with Crippen LogP contribution in [0.1, 0.15) is 32.5 Å². The Morgan fingerprint density at radius 1 is 1.50 bits per heavy atom. The highest BCUT2D eigenvalue weighted by Crippen LogP contribution is 2.29. The van der Waals surface area contributed by atoms with Gasteiger partial charge in [0, 0.05) is 19.3 Å². The molecule has 0 spiro atoms. The van der Waals surface area contributed by atoms with Gasteiger partial charge in [-0.25, -0.2) is 13.4 Å². The molecule has 0 amide bonds. The van der Waals surface area contributed by atoms with Gasteiger partial charge < -0.3 is 9.67 Å². The van der Waals surface area contributed by atoms with Crippen molar-refractivity contribution >= 4 is 10.0 Å². The van der Waals surface area contributed by atoms with E-state index in [0.29, 0.717) is 12.4 Å². The molecule has 1 aliphatic rings. The summed E-state index contributed by atoms with van der Waals surface area (Å²) in [5.41, 5.74) is 0. The molecule has 1 fully saturated rings. The number of hydrogen-bond donors (Lipinski definition) is 1. The number of rotatable bonds is 5. The Morgan fingerprint density at radius 3 is 2.80 bits per heavy atom. The number of aliphatic hydroxyl groups excluding tert-OH is 1. The summed E-state index contributed by atoms with van der Waals surface area (Å²) < 4.78 is 28.6. The molecule has 2 heterocycles. The first kappa shape index (κ1) is 15.5. The number of sulfonamides is 1. The fraction of sp³-hybridized carbons (Fsp3) is 0.769. The van der Waals surface area contributed by atoms with Crippen LogP contribution < -0.4 is 0 Å². The van der Waals surface area contributed by atoms with Crippen LogP contribution in [0.5, 0.6) is 0 Å². The maximum absolute atomic E-state index is 12.7. The maximum atomic E-state index is 12.7. The van der Waals surface area contributed by atoms with Gasteiger partial charge >= 0.3 is 0 Å². The molecule has 7 heteroatoms. The summed E-state index contributed by atoms with van der Waals surface area (Å²) in [5, 5.41) is 9.52. The zero-order valence-electron chi connectivity index (χ0n) is 12.3. The molecule has 0 bridgehead atoms. The third kappa shape index (κ3) is 2.62. The molecule has 114 valence electrons. The van der Waals surface area contributed by atoms with E-state index in [1.54, 1.807) is 6.20 Å². The smallest absolute Gasteiger partial charge is 0.262 e. The molecule has 1 aliphatic heterocycles. The number of aryl methyl sites for hydroxylation is 2. The van der Waals surface area contributed by atoms with Crippen LogP contribution in [0.15, 0.2) is 11.2 Å². The first-order valence-corrected chi connectivity index (χ1v) is 8.52. The Balaban J connectivity index is 2.33. The maximum Gasteiger partial charge on any atom is 0.262 e. The summed E-state index contributed by atoms with van der Waals surface area (Å²) in [7, 11) is -3.61. The highest BCUT2D eigenvalue weighted by Gasteiger charge is 2.40. The average molecular weight is 301 g/mol. The molecule has 2 unspecified atom stereocenters. The normalized spacial score (nSPS) is 24.4. The van der Waals surface area contributed by atoms with E-state index in [1.165, 1.54) is 4.31 Å². The Labute approximate surface area is 120 Å². The lowest BCUT2D eigenvalue weighted by Gasteiger charge is -2.23. The average Bonchev–Trinajstić information content (AvgIpc) is 2.94. The van der Waals surface area contributed by atoms with Gasteiger partial charge in [0.1, 0.15) is 5.82 Å². The van der Waals surface area contributed by atoms with Gasteiger partial charge in [0.25, 0.3) is 10.0 Å². The lowest BCUT2D eigenvalue weighted by molar-refractivity contribution is 0.191. The van der Waals surface area contributed by atoms with Crippen molar-refractivity contribution in [1.82, 2.24) is 13.9 Å². The second kappa shape index (κ2) is 5.83. The van der Waals surface area contributed by atoms with Crippen molar-refractivity contribution in [3.63, 3.8) is 0 Å². The van der Waals surface area contributed by atoms with Gasteiger partial charge in [0.05, 0.1) is 12.6 Å². The Hall–Kier alpha value is -0.920. The third-order valence-corrected chi connectivity index (χ3v) is 5.81. The monoisotopic (exact) mass is 301 g/mol. The SMILES string of the molecule is CCCn1cc(S(=O)(=O)N2CCC(C)C2CO)nc1C. The zero-order valence-corrected chi connectivity index (χ0v) is 13.1. The van der Waals surface area contributed by atoms with Crippen LogP contribution >= 0.6 is 0 Å². The van der Waals surface area contributed by atoms with Crippen molar-refractivity contribution in [3.8, 4) is 0 Å². The van der Waals surface area contributed by atoms with E-state index in [1.807, 2.05) is 25.3 Å². The minimum absolute atomic E-state index is 0.0935. The van der Waals surface area contributed by atoms with Crippen LogP contribution in [0.25, 0.3) is 0 Å². The first-order chi connectivity index (χ1) is 9.41. The van der Waals surface area contributed by atoms with Gasteiger partial charge in [0.15, 0.2) is 5.03 Å². The summed E-state index contributed by atoms with van der Waals surface area (Å²) in [6, 6.07) is -0.336. The minimum Gasteiger partial charge on any atom is -0.395 e. The van der Waals surface area contributed by atoms with Gasteiger partial charge in [-0.15, -0.1) is 0 Å². The predicted molar refractivity (Wildman–Crippen MR) is 75.8 cm³/mol. The summed E-state index contributed by atoms with van der Waals surface area (Å²) in [6.45, 7) is 6.89. The number of nitrogens with zero attached hydrogens (tertiary/aromatic N) is 3. The molecule has 0 aliphatic carbocycles. The molecule has 1 saturated heterocycles. The van der Waals surface area contributed by atoms with Gasteiger partial charge in [-0.3, -0.25) is 0 Å². The Morgan fingerprint density at radius 2 is 2.20 bits per heavy atom. The van der Waals surface area contributed by atoms with E-state index in [4.69, 9.17) is 0 Å². The fourth-order valence-electron chi connectivity index (χ4n) is 2.73. The lowest BCUT2D eigenvalue weighted by Crippen LogP contribution is -2.39. The van der Waals surface area contributed by atoms with E-state index in [0.717, 1.165) is 19.4 Å². The van der Waals surface area contributed by atoms with Crippen molar-refractivity contribution in [2.24, 2.45) is 5.92 Å². The van der Waals surface area contributed by atoms with E-state index in [9.17, 15) is 13.5 Å². The summed E-state index contributed by atoms with van der Waals surface area (Å²) >= 11 is 0. The first-order valence-electron chi connectivity index (χ1n) is 7.08. The predicted octanol–water partition coefficient (Wildman–Crippen LogP) is 0.993. The fourth-order valence-corrected chi connectivity index (χ4v) is 4.46. The standard InChI is InChI=1S/C13H23N3O3S/c1-4-6-15-8-13(14-11(15)3)20(18,19)16-7-5-10(2)12(16)9-17/h8,10,12,17H,4-7,9H2,1-3H3. The molecule has 0 saturated carbocycles. The third-order valence-electron chi connectivity index (χ3n) is 4.01. The van der Waals surface area contributed by atoms with Crippen molar-refractivity contribution in [2.45, 2.75) is 51.2 Å². The topological polar surface area (TPSA) is 75.4 Å². The molecule has 2 atom stereocenters. The highest BCUT2D eigenvalue weighted by atomic mass is 32.2. The number of hydrogen-bond acceptors (Lipinski definition) is 4. The number of aliphatic hydroxyl groups is 1. The zero-order chi connectivity index (χ0) is 14.9. The molecule has 0 radical (unpaired) electrons. The summed E-state index contributed by atoms with van der Waals surface area (Å²) in [5.74, 6) is 0.881. The second-order valence-electron chi connectivity index (χ2n) is 5.45. The van der Waals surface area contributed by atoms with Crippen molar-refractivity contribution < 1.29 is 13.5 Å². The van der Waals surface area contributed by atoms with Crippen LogP contribution in [0.3, 0.4) is 0 Å². The Bertz CT molecular complexity index is 567. The number of imidazole rings is 1. The van der Waals surface area contributed by atoms with Crippen LogP contribution in [-0.2, 0) is 16.6 Å². The molecule has 0 aromatic carbocycles. The molecule has 1 N–H and O–H groups in total. The largest absolute Gasteiger partial charge is 0.395 e. The molecule has 1 aromatic rings. The Kier molecular flexibility index (Phi) is 4.51. The summed E-state index contributed by atoms with van der Waals surface area (Å²) in [4.78, 5) is 4.19. The van der Waals surface area contributed by atoms with E-state index in [2.05, 4.69) is 4.98 Å². The van der Waals surface area contributed by atoms with E-state index in [-0.39, 0.29) is 23.6 Å². The molecule has 1 aromatic heterocycles. The van der Waals surface area contributed by atoms with Crippen molar-refractivity contribution in [3.05, 3.63) is 12.0 Å². The van der Waals surface area contributed by atoms with Crippen LogP contribution in [0.2, 0.25) is 0 Å².